The van der Waals surface area contributed by atoms with E-state index in [2.05, 4.69) is 30.9 Å². The highest BCUT2D eigenvalue weighted by atomic mass is 32.1. The smallest absolute Gasteiger partial charge is 0.273 e. The van der Waals surface area contributed by atoms with Crippen LogP contribution in [0.15, 0.2) is 5.38 Å². The molecular formula is C14H23N3O2S. The van der Waals surface area contributed by atoms with Crippen molar-refractivity contribution in [1.29, 1.82) is 0 Å². The molecule has 0 bridgehead atoms. The molecule has 6 heteroatoms. The topological polar surface area (TPSA) is 45.7 Å². The molecule has 1 fully saturated rings. The van der Waals surface area contributed by atoms with E-state index in [-0.39, 0.29) is 5.91 Å². The van der Waals surface area contributed by atoms with E-state index in [4.69, 9.17) is 4.74 Å². The molecule has 1 saturated heterocycles. The van der Waals surface area contributed by atoms with Crippen LogP contribution in [0.5, 0.6) is 0 Å². The predicted octanol–water partition coefficient (Wildman–Crippen LogP) is 1.70. The summed E-state index contributed by atoms with van der Waals surface area (Å²) >= 11 is 1.48. The molecule has 0 radical (unpaired) electrons. The minimum atomic E-state index is 0.0476. The molecule has 5 nitrogen and oxygen atoms in total. The van der Waals surface area contributed by atoms with E-state index >= 15 is 0 Å². The van der Waals surface area contributed by atoms with E-state index in [1.807, 2.05) is 10.3 Å². The number of rotatable bonds is 5. The van der Waals surface area contributed by atoms with Crippen LogP contribution in [-0.2, 0) is 11.3 Å². The van der Waals surface area contributed by atoms with Gasteiger partial charge in [-0.1, -0.05) is 13.3 Å². The summed E-state index contributed by atoms with van der Waals surface area (Å²) in [6, 6.07) is 0.445. The monoisotopic (exact) mass is 297 g/mol. The first-order valence-corrected chi connectivity index (χ1v) is 7.83. The van der Waals surface area contributed by atoms with Crippen molar-refractivity contribution in [2.45, 2.75) is 26.0 Å². The summed E-state index contributed by atoms with van der Waals surface area (Å²) in [6.07, 6.45) is 1.10. The third-order valence-corrected chi connectivity index (χ3v) is 4.74. The quantitative estimate of drug-likeness (QED) is 0.830. The molecule has 0 unspecified atom stereocenters. The molecule has 112 valence electrons. The van der Waals surface area contributed by atoms with Gasteiger partial charge in [-0.3, -0.25) is 4.79 Å². The number of methoxy groups -OCH3 is 1. The molecule has 1 aliphatic heterocycles. The Balaban J connectivity index is 2.05. The summed E-state index contributed by atoms with van der Waals surface area (Å²) in [5.41, 5.74) is 0.552. The average molecular weight is 297 g/mol. The van der Waals surface area contributed by atoms with Gasteiger partial charge in [0.1, 0.15) is 10.7 Å². The lowest BCUT2D eigenvalue weighted by Gasteiger charge is -2.23. The van der Waals surface area contributed by atoms with Crippen molar-refractivity contribution in [2.75, 3.05) is 34.3 Å². The first-order valence-electron chi connectivity index (χ1n) is 6.95. The van der Waals surface area contributed by atoms with Crippen LogP contribution >= 0.6 is 11.3 Å². The number of hydrogen-bond acceptors (Lipinski definition) is 5. The Bertz CT molecular complexity index is 461. The minimum absolute atomic E-state index is 0.0476. The Morgan fingerprint density at radius 2 is 2.30 bits per heavy atom. The van der Waals surface area contributed by atoms with Gasteiger partial charge in [0.25, 0.3) is 5.91 Å². The van der Waals surface area contributed by atoms with Gasteiger partial charge in [0.05, 0.1) is 6.61 Å². The SMILES string of the molecule is CC[C@H]1CN(C(=O)c2csc(COC)n2)C[C@@H]1N(C)C. The van der Waals surface area contributed by atoms with Gasteiger partial charge in [-0.2, -0.15) is 0 Å². The summed E-state index contributed by atoms with van der Waals surface area (Å²) in [5, 5.41) is 2.69. The van der Waals surface area contributed by atoms with Crippen molar-refractivity contribution < 1.29 is 9.53 Å². The Kier molecular flexibility index (Phi) is 5.12. The third kappa shape index (κ3) is 3.19. The standard InChI is InChI=1S/C14H23N3O2S/c1-5-10-6-17(7-12(10)16(2)3)14(18)11-9-20-13(15-11)8-19-4/h9-10,12H,5-8H2,1-4H3/t10-,12-/m0/s1. The van der Waals surface area contributed by atoms with Crippen LogP contribution in [0.3, 0.4) is 0 Å². The largest absolute Gasteiger partial charge is 0.378 e. The van der Waals surface area contributed by atoms with Crippen LogP contribution in [0.1, 0.15) is 28.8 Å². The molecule has 0 spiro atoms. The molecule has 2 heterocycles. The van der Waals surface area contributed by atoms with Crippen LogP contribution < -0.4 is 0 Å². The zero-order chi connectivity index (χ0) is 14.7. The number of nitrogens with zero attached hydrogens (tertiary/aromatic N) is 3. The van der Waals surface area contributed by atoms with Crippen LogP contribution in [-0.4, -0.2) is 61.0 Å². The van der Waals surface area contributed by atoms with E-state index in [1.54, 1.807) is 7.11 Å². The highest BCUT2D eigenvalue weighted by molar-refractivity contribution is 7.09. The highest BCUT2D eigenvalue weighted by Crippen LogP contribution is 2.25. The molecule has 0 N–H and O–H groups in total. The lowest BCUT2D eigenvalue weighted by atomic mass is 10.0. The van der Waals surface area contributed by atoms with Crippen molar-refractivity contribution in [3.05, 3.63) is 16.1 Å². The molecule has 1 aromatic rings. The van der Waals surface area contributed by atoms with Crippen LogP contribution in [0.2, 0.25) is 0 Å². The molecule has 20 heavy (non-hydrogen) atoms. The molecular weight excluding hydrogens is 274 g/mol. The predicted molar refractivity (Wildman–Crippen MR) is 80.0 cm³/mol. The fourth-order valence-electron chi connectivity index (χ4n) is 2.77. The Morgan fingerprint density at radius 1 is 1.55 bits per heavy atom. The fraction of sp³-hybridized carbons (Fsp3) is 0.714. The second kappa shape index (κ2) is 6.65. The van der Waals surface area contributed by atoms with Gasteiger partial charge in [0.2, 0.25) is 0 Å². The Morgan fingerprint density at radius 3 is 2.85 bits per heavy atom. The summed E-state index contributed by atoms with van der Waals surface area (Å²) in [4.78, 5) is 21.0. The van der Waals surface area contributed by atoms with Gasteiger partial charge < -0.3 is 14.5 Å². The lowest BCUT2D eigenvalue weighted by Crippen LogP contribution is -2.36. The number of carbonyl (C=O) groups excluding carboxylic acids is 1. The number of thiazole rings is 1. The van der Waals surface area contributed by atoms with E-state index in [0.717, 1.165) is 24.5 Å². The number of likely N-dealkylation sites (tertiary alicyclic amines) is 1. The molecule has 0 aliphatic carbocycles. The van der Waals surface area contributed by atoms with Crippen LogP contribution in [0.4, 0.5) is 0 Å². The van der Waals surface area contributed by atoms with E-state index in [9.17, 15) is 4.79 Å². The van der Waals surface area contributed by atoms with Crippen LogP contribution in [0.25, 0.3) is 0 Å². The van der Waals surface area contributed by atoms with Crippen LogP contribution in [0, 0.1) is 5.92 Å². The zero-order valence-corrected chi connectivity index (χ0v) is 13.4. The summed E-state index contributed by atoms with van der Waals surface area (Å²) in [5.74, 6) is 0.595. The van der Waals surface area contributed by atoms with Crippen molar-refractivity contribution in [3.8, 4) is 0 Å². The third-order valence-electron chi connectivity index (χ3n) is 3.92. The second-order valence-electron chi connectivity index (χ2n) is 5.47. The first kappa shape index (κ1) is 15.4. The minimum Gasteiger partial charge on any atom is -0.378 e. The highest BCUT2D eigenvalue weighted by Gasteiger charge is 2.36. The van der Waals surface area contributed by atoms with Crippen molar-refractivity contribution in [3.63, 3.8) is 0 Å². The summed E-state index contributed by atoms with van der Waals surface area (Å²) in [6.45, 7) is 4.28. The maximum atomic E-state index is 12.5. The molecule has 1 amide bonds. The number of likely N-dealkylation sites (N-methyl/N-ethyl adjacent to an activating group) is 1. The second-order valence-corrected chi connectivity index (χ2v) is 6.41. The molecule has 0 saturated carbocycles. The number of carbonyl (C=O) groups is 1. The van der Waals surface area contributed by atoms with Crippen molar-refractivity contribution >= 4 is 17.2 Å². The first-order chi connectivity index (χ1) is 9.56. The molecule has 2 atom stereocenters. The Labute approximate surface area is 124 Å². The zero-order valence-electron chi connectivity index (χ0n) is 12.6. The van der Waals surface area contributed by atoms with Crippen molar-refractivity contribution in [2.24, 2.45) is 5.92 Å². The van der Waals surface area contributed by atoms with Gasteiger partial charge in [0.15, 0.2) is 0 Å². The molecule has 1 aliphatic rings. The van der Waals surface area contributed by atoms with Gasteiger partial charge in [-0.15, -0.1) is 11.3 Å². The van der Waals surface area contributed by atoms with Gasteiger partial charge >= 0.3 is 0 Å². The summed E-state index contributed by atoms with van der Waals surface area (Å²) < 4.78 is 5.05. The molecule has 2 rings (SSSR count). The van der Waals surface area contributed by atoms with Gasteiger partial charge in [-0.25, -0.2) is 4.98 Å². The van der Waals surface area contributed by atoms with E-state index in [0.29, 0.717) is 24.3 Å². The maximum Gasteiger partial charge on any atom is 0.273 e. The average Bonchev–Trinajstić information content (AvgIpc) is 3.04. The summed E-state index contributed by atoms with van der Waals surface area (Å²) in [7, 11) is 5.80. The fourth-order valence-corrected chi connectivity index (χ4v) is 3.51. The lowest BCUT2D eigenvalue weighted by molar-refractivity contribution is 0.0775. The van der Waals surface area contributed by atoms with E-state index < -0.39 is 0 Å². The van der Waals surface area contributed by atoms with Gasteiger partial charge in [0, 0.05) is 31.6 Å². The number of hydrogen-bond donors (Lipinski definition) is 0. The Hall–Kier alpha value is -0.980. The number of ether oxygens (including phenoxy) is 1. The maximum absolute atomic E-state index is 12.5. The van der Waals surface area contributed by atoms with E-state index in [1.165, 1.54) is 11.3 Å². The number of amides is 1. The van der Waals surface area contributed by atoms with Gasteiger partial charge in [-0.05, 0) is 20.0 Å². The van der Waals surface area contributed by atoms with Crippen molar-refractivity contribution in [1.82, 2.24) is 14.8 Å². The normalized spacial score (nSPS) is 22.8. The molecule has 1 aromatic heterocycles. The molecule has 0 aromatic carbocycles. The number of aromatic nitrogens is 1.